The lowest BCUT2D eigenvalue weighted by Crippen LogP contribution is -2.50. The smallest absolute Gasteiger partial charge is 0.277 e. The zero-order valence-electron chi connectivity index (χ0n) is 16.8. The van der Waals surface area contributed by atoms with E-state index in [1.165, 1.54) is 16.7 Å². The normalized spacial score (nSPS) is 16.7. The van der Waals surface area contributed by atoms with Crippen LogP contribution in [0, 0.1) is 5.82 Å². The van der Waals surface area contributed by atoms with Crippen molar-refractivity contribution in [2.24, 2.45) is 0 Å². The Hall–Kier alpha value is -3.16. The molecule has 156 valence electrons. The lowest BCUT2D eigenvalue weighted by atomic mass is 9.97. The molecule has 1 aliphatic heterocycles. The molecule has 1 fully saturated rings. The fourth-order valence-corrected chi connectivity index (χ4v) is 4.49. The van der Waals surface area contributed by atoms with Crippen LogP contribution in [-0.2, 0) is 24.2 Å². The molecule has 0 unspecified atom stereocenters. The average Bonchev–Trinajstić information content (AvgIpc) is 3.16. The second-order valence-corrected chi connectivity index (χ2v) is 8.00. The molecule has 0 radical (unpaired) electrons. The summed E-state index contributed by atoms with van der Waals surface area (Å²) < 4.78 is 16.3. The first-order chi connectivity index (χ1) is 14.6. The topological polar surface area (TPSA) is 62.9 Å². The van der Waals surface area contributed by atoms with Crippen LogP contribution in [0.25, 0.3) is 5.52 Å². The zero-order chi connectivity index (χ0) is 20.7. The Morgan fingerprint density at radius 3 is 2.50 bits per heavy atom. The Morgan fingerprint density at radius 2 is 1.73 bits per heavy atom. The van der Waals surface area contributed by atoms with E-state index in [1.54, 1.807) is 33.9 Å². The fourth-order valence-electron chi connectivity index (χ4n) is 4.49. The number of rotatable bonds is 3. The van der Waals surface area contributed by atoms with Gasteiger partial charge in [-0.25, -0.2) is 8.91 Å². The van der Waals surface area contributed by atoms with Crippen molar-refractivity contribution in [3.8, 4) is 0 Å². The first-order valence-corrected chi connectivity index (χ1v) is 10.5. The number of hydrogen-bond donors (Lipinski definition) is 0. The summed E-state index contributed by atoms with van der Waals surface area (Å²) in [5.74, 6) is -0.317. The predicted molar refractivity (Wildman–Crippen MR) is 111 cm³/mol. The third-order valence-electron chi connectivity index (χ3n) is 6.16. The van der Waals surface area contributed by atoms with Crippen molar-refractivity contribution < 1.29 is 9.18 Å². The summed E-state index contributed by atoms with van der Waals surface area (Å²) in [7, 11) is 0. The molecule has 0 saturated carbocycles. The number of amides is 1. The maximum absolute atomic E-state index is 13.1. The van der Waals surface area contributed by atoms with E-state index in [1.807, 2.05) is 0 Å². The molecule has 1 aliphatic carbocycles. The second-order valence-electron chi connectivity index (χ2n) is 8.00. The number of fused-ring (bicyclic) bond motifs is 3. The molecule has 3 heterocycles. The number of benzene rings is 1. The minimum absolute atomic E-state index is 0.0336. The molecule has 8 heteroatoms. The summed E-state index contributed by atoms with van der Waals surface area (Å²) in [5, 5.41) is 4.55. The standard InChI is InChI=1S/C22H24FN5O2/c23-16-5-7-17(8-6-16)25-9-11-26(12-10-25)20(29)15-27-13-14-28-21(22(27)30)18-3-1-2-4-19(18)24-28/h5-8,13-14H,1-4,9-12,15H2. The minimum Gasteiger partial charge on any atom is -0.368 e. The van der Waals surface area contributed by atoms with E-state index in [0.717, 1.165) is 42.6 Å². The van der Waals surface area contributed by atoms with Crippen molar-refractivity contribution in [1.29, 1.82) is 0 Å². The van der Waals surface area contributed by atoms with Crippen LogP contribution in [-0.4, -0.2) is 51.2 Å². The van der Waals surface area contributed by atoms with Gasteiger partial charge in [0, 0.05) is 49.8 Å². The molecule has 1 amide bonds. The Bertz CT molecular complexity index is 1140. The van der Waals surface area contributed by atoms with E-state index >= 15 is 0 Å². The summed E-state index contributed by atoms with van der Waals surface area (Å²) in [6.45, 7) is 2.55. The number of anilines is 1. The van der Waals surface area contributed by atoms with Gasteiger partial charge in [-0.2, -0.15) is 5.10 Å². The molecule has 2 aliphatic rings. The van der Waals surface area contributed by atoms with E-state index in [0.29, 0.717) is 31.7 Å². The molecule has 3 aromatic rings. The van der Waals surface area contributed by atoms with E-state index in [4.69, 9.17) is 0 Å². The van der Waals surface area contributed by atoms with Crippen LogP contribution in [0.3, 0.4) is 0 Å². The number of hydrogen-bond acceptors (Lipinski definition) is 4. The molecule has 7 nitrogen and oxygen atoms in total. The van der Waals surface area contributed by atoms with Crippen LogP contribution in [0.4, 0.5) is 10.1 Å². The highest BCUT2D eigenvalue weighted by Gasteiger charge is 2.23. The van der Waals surface area contributed by atoms with E-state index < -0.39 is 0 Å². The summed E-state index contributed by atoms with van der Waals surface area (Å²) in [4.78, 5) is 29.8. The lowest BCUT2D eigenvalue weighted by Gasteiger charge is -2.36. The van der Waals surface area contributed by atoms with Crippen LogP contribution >= 0.6 is 0 Å². The van der Waals surface area contributed by atoms with Crippen LogP contribution in [0.2, 0.25) is 0 Å². The lowest BCUT2D eigenvalue weighted by molar-refractivity contribution is -0.132. The summed E-state index contributed by atoms with van der Waals surface area (Å²) >= 11 is 0. The van der Waals surface area contributed by atoms with Crippen molar-refractivity contribution in [1.82, 2.24) is 19.1 Å². The van der Waals surface area contributed by atoms with Gasteiger partial charge in [0.25, 0.3) is 5.56 Å². The third-order valence-corrected chi connectivity index (χ3v) is 6.16. The maximum atomic E-state index is 13.1. The predicted octanol–water partition coefficient (Wildman–Crippen LogP) is 1.86. The van der Waals surface area contributed by atoms with Gasteiger partial charge in [-0.15, -0.1) is 0 Å². The van der Waals surface area contributed by atoms with Gasteiger partial charge in [-0.05, 0) is 49.9 Å². The van der Waals surface area contributed by atoms with Crippen molar-refractivity contribution in [2.45, 2.75) is 32.2 Å². The van der Waals surface area contributed by atoms with Crippen LogP contribution in [0.1, 0.15) is 24.1 Å². The van der Waals surface area contributed by atoms with Gasteiger partial charge in [0.15, 0.2) is 0 Å². The number of piperazine rings is 1. The fraction of sp³-hybridized carbons (Fsp3) is 0.409. The number of aromatic nitrogens is 3. The van der Waals surface area contributed by atoms with Gasteiger partial charge in [-0.3, -0.25) is 9.59 Å². The van der Waals surface area contributed by atoms with E-state index in [9.17, 15) is 14.0 Å². The number of carbonyl (C=O) groups excluding carboxylic acids is 1. The number of aryl methyl sites for hydroxylation is 2. The first kappa shape index (κ1) is 18.8. The first-order valence-electron chi connectivity index (χ1n) is 10.5. The Kier molecular flexibility index (Phi) is 4.77. The molecule has 30 heavy (non-hydrogen) atoms. The molecular weight excluding hydrogens is 385 g/mol. The second kappa shape index (κ2) is 7.59. The van der Waals surface area contributed by atoms with Crippen LogP contribution in [0.15, 0.2) is 41.5 Å². The van der Waals surface area contributed by atoms with Gasteiger partial charge >= 0.3 is 0 Å². The molecule has 0 spiro atoms. The van der Waals surface area contributed by atoms with Crippen molar-refractivity contribution >= 4 is 17.1 Å². The molecule has 1 aromatic carbocycles. The molecule has 5 rings (SSSR count). The van der Waals surface area contributed by atoms with Crippen molar-refractivity contribution in [3.05, 3.63) is 64.1 Å². The van der Waals surface area contributed by atoms with Gasteiger partial charge in [0.05, 0.1) is 5.69 Å². The zero-order valence-corrected chi connectivity index (χ0v) is 16.8. The van der Waals surface area contributed by atoms with E-state index in [-0.39, 0.29) is 23.8 Å². The molecule has 2 aromatic heterocycles. The van der Waals surface area contributed by atoms with Crippen LogP contribution in [0.5, 0.6) is 0 Å². The van der Waals surface area contributed by atoms with Crippen molar-refractivity contribution in [2.75, 3.05) is 31.1 Å². The number of carbonyl (C=O) groups is 1. The molecular formula is C22H24FN5O2. The Morgan fingerprint density at radius 1 is 1.00 bits per heavy atom. The Balaban J connectivity index is 1.29. The highest BCUT2D eigenvalue weighted by atomic mass is 19.1. The number of halogens is 1. The summed E-state index contributed by atoms with van der Waals surface area (Å²) in [6, 6.07) is 6.41. The van der Waals surface area contributed by atoms with Gasteiger partial charge in [0.2, 0.25) is 5.91 Å². The minimum atomic E-state index is -0.255. The monoisotopic (exact) mass is 409 g/mol. The SMILES string of the molecule is O=C(Cn1ccn2nc3c(c2c1=O)CCCC3)N1CCN(c2ccc(F)cc2)CC1. The highest BCUT2D eigenvalue weighted by Crippen LogP contribution is 2.22. The summed E-state index contributed by atoms with van der Waals surface area (Å²) in [5.41, 5.74) is 3.48. The largest absolute Gasteiger partial charge is 0.368 e. The molecule has 1 saturated heterocycles. The quantitative estimate of drug-likeness (QED) is 0.663. The van der Waals surface area contributed by atoms with Crippen LogP contribution < -0.4 is 10.5 Å². The van der Waals surface area contributed by atoms with Crippen molar-refractivity contribution in [3.63, 3.8) is 0 Å². The van der Waals surface area contributed by atoms with Gasteiger partial charge < -0.3 is 14.4 Å². The van der Waals surface area contributed by atoms with Gasteiger partial charge in [-0.1, -0.05) is 0 Å². The third kappa shape index (κ3) is 3.36. The average molecular weight is 409 g/mol. The molecule has 0 atom stereocenters. The Labute approximate surface area is 173 Å². The maximum Gasteiger partial charge on any atom is 0.277 e. The molecule has 0 bridgehead atoms. The molecule has 0 N–H and O–H groups in total. The highest BCUT2D eigenvalue weighted by molar-refractivity contribution is 5.76. The van der Waals surface area contributed by atoms with E-state index in [2.05, 4.69) is 10.00 Å². The number of nitrogens with zero attached hydrogens (tertiary/aromatic N) is 5. The van der Waals surface area contributed by atoms with Gasteiger partial charge in [0.1, 0.15) is 17.9 Å². The summed E-state index contributed by atoms with van der Waals surface area (Å²) in [6.07, 6.45) is 7.38.